The first-order chi connectivity index (χ1) is 9.04. The lowest BCUT2D eigenvalue weighted by molar-refractivity contribution is 0.0971. The molecule has 1 fully saturated rings. The maximum atomic E-state index is 6.64. The van der Waals surface area contributed by atoms with Crippen molar-refractivity contribution >= 4 is 27.3 Å². The molecule has 0 spiro atoms. The number of likely N-dealkylation sites (N-methyl/N-ethyl adjacent to an activating group) is 1. The number of nitrogens with zero attached hydrogens (tertiary/aromatic N) is 1. The van der Waals surface area contributed by atoms with Crippen molar-refractivity contribution in [1.82, 2.24) is 4.90 Å². The lowest BCUT2D eigenvalue weighted by Crippen LogP contribution is -2.58. The number of rotatable bonds is 4. The van der Waals surface area contributed by atoms with Gasteiger partial charge in [0.05, 0.1) is 3.79 Å². The van der Waals surface area contributed by atoms with E-state index in [1.165, 1.54) is 47.2 Å². The molecule has 0 saturated heterocycles. The summed E-state index contributed by atoms with van der Waals surface area (Å²) in [6.45, 7) is 0. The Bertz CT molecular complexity index is 395. The van der Waals surface area contributed by atoms with Crippen LogP contribution in [0.3, 0.4) is 0 Å². The van der Waals surface area contributed by atoms with Crippen molar-refractivity contribution in [3.63, 3.8) is 0 Å². The zero-order valence-corrected chi connectivity index (χ0v) is 14.4. The molecule has 0 aromatic carbocycles. The molecule has 0 amide bonds. The van der Waals surface area contributed by atoms with Gasteiger partial charge in [-0.15, -0.1) is 11.3 Å². The van der Waals surface area contributed by atoms with Gasteiger partial charge in [-0.1, -0.05) is 25.7 Å². The minimum Gasteiger partial charge on any atom is -0.326 e. The van der Waals surface area contributed by atoms with Gasteiger partial charge in [0.2, 0.25) is 0 Å². The third-order valence-electron chi connectivity index (χ3n) is 4.60. The Balaban J connectivity index is 2.13. The van der Waals surface area contributed by atoms with E-state index in [0.29, 0.717) is 0 Å². The predicted molar refractivity (Wildman–Crippen MR) is 87.8 cm³/mol. The van der Waals surface area contributed by atoms with Gasteiger partial charge in [-0.25, -0.2) is 0 Å². The fourth-order valence-electron chi connectivity index (χ4n) is 3.36. The first-order valence-corrected chi connectivity index (χ1v) is 8.83. The van der Waals surface area contributed by atoms with Gasteiger partial charge in [-0.2, -0.15) is 0 Å². The number of hydrogen-bond acceptors (Lipinski definition) is 3. The van der Waals surface area contributed by atoms with E-state index in [2.05, 4.69) is 47.1 Å². The fraction of sp³-hybridized carbons (Fsp3) is 0.733. The molecule has 1 heterocycles. The summed E-state index contributed by atoms with van der Waals surface area (Å²) >= 11 is 5.35. The summed E-state index contributed by atoms with van der Waals surface area (Å²) in [5.74, 6) is 0. The van der Waals surface area contributed by atoms with Crippen LogP contribution in [0.5, 0.6) is 0 Å². The van der Waals surface area contributed by atoms with E-state index in [0.717, 1.165) is 6.42 Å². The van der Waals surface area contributed by atoms with E-state index < -0.39 is 0 Å². The molecule has 1 aromatic heterocycles. The van der Waals surface area contributed by atoms with Gasteiger partial charge in [0, 0.05) is 16.5 Å². The third kappa shape index (κ3) is 3.60. The lowest BCUT2D eigenvalue weighted by Gasteiger charge is -2.44. The molecule has 1 unspecified atom stereocenters. The first kappa shape index (κ1) is 15.5. The summed E-state index contributed by atoms with van der Waals surface area (Å²) in [5.41, 5.74) is 6.83. The van der Waals surface area contributed by atoms with Crippen molar-refractivity contribution in [1.29, 1.82) is 0 Å². The Morgan fingerprint density at radius 1 is 1.26 bits per heavy atom. The van der Waals surface area contributed by atoms with Gasteiger partial charge < -0.3 is 10.6 Å². The van der Waals surface area contributed by atoms with E-state index in [1.54, 1.807) is 0 Å². The summed E-state index contributed by atoms with van der Waals surface area (Å²) < 4.78 is 1.20. The van der Waals surface area contributed by atoms with Crippen molar-refractivity contribution < 1.29 is 0 Å². The van der Waals surface area contributed by atoms with Crippen LogP contribution in [0.15, 0.2) is 15.9 Å². The lowest BCUT2D eigenvalue weighted by atomic mass is 9.80. The van der Waals surface area contributed by atoms with Crippen LogP contribution in [0, 0.1) is 0 Å². The second kappa shape index (κ2) is 6.70. The zero-order valence-electron chi connectivity index (χ0n) is 12.0. The molecule has 0 radical (unpaired) electrons. The predicted octanol–water partition coefficient (Wildman–Crippen LogP) is 4.04. The molecule has 2 N–H and O–H groups in total. The second-order valence-electron chi connectivity index (χ2n) is 5.93. The SMILES string of the molecule is CN(C)C1(C(N)Cc2ccc(Br)s2)CCCCCC1. The minimum absolute atomic E-state index is 0.187. The Hall–Kier alpha value is 0.1000. The highest BCUT2D eigenvalue weighted by atomic mass is 79.9. The summed E-state index contributed by atoms with van der Waals surface area (Å²) in [6.07, 6.45) is 8.86. The maximum Gasteiger partial charge on any atom is 0.0701 e. The molecule has 2 rings (SSSR count). The van der Waals surface area contributed by atoms with Gasteiger partial charge in [-0.05, 0) is 61.4 Å². The van der Waals surface area contributed by atoms with Gasteiger partial charge >= 0.3 is 0 Å². The fourth-order valence-corrected chi connectivity index (χ4v) is 4.90. The molecular formula is C15H25BrN2S. The van der Waals surface area contributed by atoms with E-state index in [-0.39, 0.29) is 11.6 Å². The maximum absolute atomic E-state index is 6.64. The Morgan fingerprint density at radius 2 is 1.89 bits per heavy atom. The molecule has 2 nitrogen and oxygen atoms in total. The second-order valence-corrected chi connectivity index (χ2v) is 8.48. The third-order valence-corrected chi connectivity index (χ3v) is 6.25. The van der Waals surface area contributed by atoms with Crippen LogP contribution in [0.4, 0.5) is 0 Å². The van der Waals surface area contributed by atoms with Gasteiger partial charge in [0.1, 0.15) is 0 Å². The van der Waals surface area contributed by atoms with Crippen LogP contribution >= 0.6 is 27.3 Å². The number of nitrogens with two attached hydrogens (primary N) is 1. The average molecular weight is 345 g/mol. The monoisotopic (exact) mass is 344 g/mol. The van der Waals surface area contributed by atoms with E-state index in [1.807, 2.05) is 11.3 Å². The molecule has 4 heteroatoms. The molecular weight excluding hydrogens is 320 g/mol. The first-order valence-electron chi connectivity index (χ1n) is 7.22. The molecule has 1 saturated carbocycles. The molecule has 0 aliphatic heterocycles. The largest absolute Gasteiger partial charge is 0.326 e. The molecule has 1 aliphatic rings. The van der Waals surface area contributed by atoms with Crippen LogP contribution in [0.2, 0.25) is 0 Å². The molecule has 1 aromatic rings. The van der Waals surface area contributed by atoms with E-state index in [9.17, 15) is 0 Å². The van der Waals surface area contributed by atoms with Crippen molar-refractivity contribution in [2.75, 3.05) is 14.1 Å². The highest BCUT2D eigenvalue weighted by Gasteiger charge is 2.38. The van der Waals surface area contributed by atoms with Crippen molar-refractivity contribution in [2.24, 2.45) is 5.73 Å². The van der Waals surface area contributed by atoms with Gasteiger partial charge in [-0.3, -0.25) is 0 Å². The molecule has 1 aliphatic carbocycles. The zero-order chi connectivity index (χ0) is 13.9. The van der Waals surface area contributed by atoms with Crippen LogP contribution in [0.1, 0.15) is 43.4 Å². The van der Waals surface area contributed by atoms with Crippen molar-refractivity contribution in [3.8, 4) is 0 Å². The standard InChI is InChI=1S/C15H25BrN2S/c1-18(2)15(9-5-3-4-6-10-15)13(17)11-12-7-8-14(16)19-12/h7-8,13H,3-6,9-11,17H2,1-2H3. The smallest absolute Gasteiger partial charge is 0.0701 e. The minimum atomic E-state index is 0.187. The molecule has 19 heavy (non-hydrogen) atoms. The van der Waals surface area contributed by atoms with Gasteiger partial charge in [0.15, 0.2) is 0 Å². The normalized spacial score (nSPS) is 21.3. The van der Waals surface area contributed by atoms with Crippen LogP contribution in [-0.2, 0) is 6.42 Å². The van der Waals surface area contributed by atoms with Crippen molar-refractivity contribution in [2.45, 2.75) is 56.5 Å². The van der Waals surface area contributed by atoms with Crippen LogP contribution < -0.4 is 5.73 Å². The Morgan fingerprint density at radius 3 is 2.37 bits per heavy atom. The molecule has 0 bridgehead atoms. The topological polar surface area (TPSA) is 29.3 Å². The Labute approximate surface area is 129 Å². The molecule has 108 valence electrons. The number of hydrogen-bond donors (Lipinski definition) is 1. The highest BCUT2D eigenvalue weighted by molar-refractivity contribution is 9.11. The number of thiophene rings is 1. The quantitative estimate of drug-likeness (QED) is 0.835. The highest BCUT2D eigenvalue weighted by Crippen LogP contribution is 2.35. The number of halogens is 1. The van der Waals surface area contributed by atoms with E-state index in [4.69, 9.17) is 5.73 Å². The summed E-state index contributed by atoms with van der Waals surface area (Å²) in [7, 11) is 4.41. The summed E-state index contributed by atoms with van der Waals surface area (Å²) in [4.78, 5) is 3.79. The molecule has 1 atom stereocenters. The van der Waals surface area contributed by atoms with Crippen molar-refractivity contribution in [3.05, 3.63) is 20.8 Å². The van der Waals surface area contributed by atoms with Crippen LogP contribution in [0.25, 0.3) is 0 Å². The summed E-state index contributed by atoms with van der Waals surface area (Å²) in [5, 5.41) is 0. The average Bonchev–Trinajstić information content (AvgIpc) is 2.65. The summed E-state index contributed by atoms with van der Waals surface area (Å²) in [6, 6.07) is 4.56. The Kier molecular flexibility index (Phi) is 5.46. The van der Waals surface area contributed by atoms with E-state index >= 15 is 0 Å². The van der Waals surface area contributed by atoms with Gasteiger partial charge in [0.25, 0.3) is 0 Å². The van der Waals surface area contributed by atoms with Crippen LogP contribution in [-0.4, -0.2) is 30.6 Å².